The Balaban J connectivity index is 1.49. The van der Waals surface area contributed by atoms with Crippen LogP contribution in [-0.2, 0) is 0 Å². The van der Waals surface area contributed by atoms with Crippen LogP contribution in [0, 0.1) is 0 Å². The smallest absolute Gasteiger partial charge is 0.122 e. The van der Waals surface area contributed by atoms with Crippen LogP contribution in [0.3, 0.4) is 0 Å². The van der Waals surface area contributed by atoms with Gasteiger partial charge < -0.3 is 15.1 Å². The van der Waals surface area contributed by atoms with E-state index in [1.165, 1.54) is 64.6 Å². The van der Waals surface area contributed by atoms with Crippen molar-refractivity contribution in [1.82, 2.24) is 15.5 Å². The van der Waals surface area contributed by atoms with Crippen LogP contribution in [0.15, 0.2) is 22.8 Å². The molecule has 2 fully saturated rings. The zero-order chi connectivity index (χ0) is 15.9. The molecule has 130 valence electrons. The molecule has 23 heavy (non-hydrogen) atoms. The van der Waals surface area contributed by atoms with E-state index in [0.29, 0.717) is 18.1 Å². The lowest BCUT2D eigenvalue weighted by molar-refractivity contribution is 0.203. The summed E-state index contributed by atoms with van der Waals surface area (Å²) in [6.45, 7) is 6.91. The van der Waals surface area contributed by atoms with Crippen LogP contribution in [0.2, 0.25) is 0 Å². The lowest BCUT2D eigenvalue weighted by Gasteiger charge is -2.28. The molecule has 2 saturated heterocycles. The minimum atomic E-state index is 0.386. The Bertz CT molecular complexity index is 420. The maximum atomic E-state index is 5.71. The van der Waals surface area contributed by atoms with Gasteiger partial charge in [-0.25, -0.2) is 0 Å². The molecular weight excluding hydrogens is 286 g/mol. The number of furan rings is 1. The van der Waals surface area contributed by atoms with Gasteiger partial charge in [-0.05, 0) is 70.8 Å². The molecule has 0 bridgehead atoms. The minimum Gasteiger partial charge on any atom is -0.468 e. The van der Waals surface area contributed by atoms with Crippen molar-refractivity contribution in [3.8, 4) is 0 Å². The molecule has 2 aliphatic heterocycles. The fraction of sp³-hybridized carbons (Fsp3) is 0.789. The van der Waals surface area contributed by atoms with Crippen molar-refractivity contribution < 1.29 is 4.42 Å². The Morgan fingerprint density at radius 2 is 2.13 bits per heavy atom. The molecule has 1 aromatic heterocycles. The molecule has 2 N–H and O–H groups in total. The third-order valence-electron chi connectivity index (χ3n) is 5.41. The van der Waals surface area contributed by atoms with E-state index in [1.54, 1.807) is 6.26 Å². The van der Waals surface area contributed by atoms with Crippen LogP contribution < -0.4 is 10.6 Å². The predicted octanol–water partition coefficient (Wildman–Crippen LogP) is 3.32. The normalized spacial score (nSPS) is 26.0. The third kappa shape index (κ3) is 5.07. The molecule has 0 radical (unpaired) electrons. The highest BCUT2D eigenvalue weighted by Gasteiger charge is 2.26. The quantitative estimate of drug-likeness (QED) is 0.809. The average Bonchev–Trinajstić information content (AvgIpc) is 3.20. The molecule has 0 amide bonds. The molecule has 3 atom stereocenters. The fourth-order valence-electron chi connectivity index (χ4n) is 4.07. The van der Waals surface area contributed by atoms with Gasteiger partial charge in [0.2, 0.25) is 0 Å². The summed E-state index contributed by atoms with van der Waals surface area (Å²) in [5.41, 5.74) is 0. The number of rotatable bonds is 7. The number of nitrogens with zero attached hydrogens (tertiary/aromatic N) is 1. The molecule has 3 unspecified atom stereocenters. The SMILES string of the molecule is CC(CC1CCCCCN1)NCC(c1ccco1)N1CCCC1. The van der Waals surface area contributed by atoms with Gasteiger partial charge in [-0.3, -0.25) is 4.90 Å². The van der Waals surface area contributed by atoms with Gasteiger partial charge in [0.25, 0.3) is 0 Å². The van der Waals surface area contributed by atoms with E-state index >= 15 is 0 Å². The Kier molecular flexibility index (Phi) is 6.55. The fourth-order valence-corrected chi connectivity index (χ4v) is 4.07. The number of nitrogens with one attached hydrogen (secondary N) is 2. The maximum absolute atomic E-state index is 5.71. The van der Waals surface area contributed by atoms with Crippen LogP contribution in [0.1, 0.15) is 63.7 Å². The van der Waals surface area contributed by atoms with Gasteiger partial charge in [-0.15, -0.1) is 0 Å². The summed E-state index contributed by atoms with van der Waals surface area (Å²) in [6.07, 6.45) is 11.1. The summed E-state index contributed by atoms with van der Waals surface area (Å²) in [7, 11) is 0. The minimum absolute atomic E-state index is 0.386. The second-order valence-electron chi connectivity index (χ2n) is 7.32. The monoisotopic (exact) mass is 319 g/mol. The molecule has 0 aliphatic carbocycles. The van der Waals surface area contributed by atoms with Gasteiger partial charge in [-0.2, -0.15) is 0 Å². The lowest BCUT2D eigenvalue weighted by Crippen LogP contribution is -2.41. The highest BCUT2D eigenvalue weighted by molar-refractivity contribution is 5.06. The third-order valence-corrected chi connectivity index (χ3v) is 5.41. The number of hydrogen-bond acceptors (Lipinski definition) is 4. The van der Waals surface area contributed by atoms with Crippen molar-refractivity contribution in [2.24, 2.45) is 0 Å². The molecule has 1 aromatic rings. The van der Waals surface area contributed by atoms with E-state index in [2.05, 4.69) is 28.5 Å². The topological polar surface area (TPSA) is 40.4 Å². The largest absolute Gasteiger partial charge is 0.468 e. The summed E-state index contributed by atoms with van der Waals surface area (Å²) in [4.78, 5) is 2.57. The summed E-state index contributed by atoms with van der Waals surface area (Å²) in [5.74, 6) is 1.11. The molecule has 3 rings (SSSR count). The zero-order valence-corrected chi connectivity index (χ0v) is 14.6. The van der Waals surface area contributed by atoms with Gasteiger partial charge in [0.05, 0.1) is 12.3 Å². The van der Waals surface area contributed by atoms with E-state index in [9.17, 15) is 0 Å². The first-order valence-corrected chi connectivity index (χ1v) is 9.57. The summed E-state index contributed by atoms with van der Waals surface area (Å²) >= 11 is 0. The maximum Gasteiger partial charge on any atom is 0.122 e. The first kappa shape index (κ1) is 17.0. The standard InChI is InChI=1S/C19H33N3O/c1-16(14-17-8-3-2-4-10-20-17)21-15-18(19-9-7-13-23-19)22-11-5-6-12-22/h7,9,13,16-18,20-21H,2-6,8,10-12,14-15H2,1H3. The lowest BCUT2D eigenvalue weighted by atomic mass is 10.0. The highest BCUT2D eigenvalue weighted by Crippen LogP contribution is 2.25. The van der Waals surface area contributed by atoms with Crippen molar-refractivity contribution >= 4 is 0 Å². The van der Waals surface area contributed by atoms with E-state index in [0.717, 1.165) is 12.3 Å². The number of likely N-dealkylation sites (tertiary alicyclic amines) is 1. The van der Waals surface area contributed by atoms with Crippen molar-refractivity contribution in [3.05, 3.63) is 24.2 Å². The molecule has 0 saturated carbocycles. The van der Waals surface area contributed by atoms with Crippen molar-refractivity contribution in [3.63, 3.8) is 0 Å². The summed E-state index contributed by atoms with van der Waals surface area (Å²) < 4.78 is 5.71. The molecule has 3 heterocycles. The Morgan fingerprint density at radius 1 is 1.26 bits per heavy atom. The van der Waals surface area contributed by atoms with E-state index in [-0.39, 0.29) is 0 Å². The Morgan fingerprint density at radius 3 is 2.91 bits per heavy atom. The van der Waals surface area contributed by atoms with Gasteiger partial charge >= 0.3 is 0 Å². The Hall–Kier alpha value is -0.840. The van der Waals surface area contributed by atoms with Gasteiger partial charge in [0.15, 0.2) is 0 Å². The molecular formula is C19H33N3O. The van der Waals surface area contributed by atoms with Crippen molar-refractivity contribution in [2.45, 2.75) is 70.0 Å². The molecule has 0 aromatic carbocycles. The first-order chi connectivity index (χ1) is 11.3. The van der Waals surface area contributed by atoms with Gasteiger partial charge in [-0.1, -0.05) is 12.8 Å². The van der Waals surface area contributed by atoms with Crippen LogP contribution >= 0.6 is 0 Å². The first-order valence-electron chi connectivity index (χ1n) is 9.57. The summed E-state index contributed by atoms with van der Waals surface area (Å²) in [5, 5.41) is 7.49. The van der Waals surface area contributed by atoms with E-state index in [1.807, 2.05) is 6.07 Å². The van der Waals surface area contributed by atoms with Crippen LogP contribution in [-0.4, -0.2) is 43.2 Å². The van der Waals surface area contributed by atoms with E-state index in [4.69, 9.17) is 4.42 Å². The van der Waals surface area contributed by atoms with Crippen LogP contribution in [0.5, 0.6) is 0 Å². The second-order valence-corrected chi connectivity index (χ2v) is 7.32. The zero-order valence-electron chi connectivity index (χ0n) is 14.6. The second kappa shape index (κ2) is 8.86. The summed E-state index contributed by atoms with van der Waals surface area (Å²) in [6, 6.07) is 5.76. The molecule has 2 aliphatic rings. The predicted molar refractivity (Wildman–Crippen MR) is 94.6 cm³/mol. The van der Waals surface area contributed by atoms with Crippen molar-refractivity contribution in [1.29, 1.82) is 0 Å². The Labute approximate surface area is 141 Å². The van der Waals surface area contributed by atoms with Gasteiger partial charge in [0, 0.05) is 18.6 Å². The molecule has 4 nitrogen and oxygen atoms in total. The van der Waals surface area contributed by atoms with Crippen LogP contribution in [0.4, 0.5) is 0 Å². The molecule has 4 heteroatoms. The average molecular weight is 319 g/mol. The van der Waals surface area contributed by atoms with Gasteiger partial charge in [0.1, 0.15) is 5.76 Å². The molecule has 0 spiro atoms. The van der Waals surface area contributed by atoms with E-state index < -0.39 is 0 Å². The number of hydrogen-bond donors (Lipinski definition) is 2. The highest BCUT2D eigenvalue weighted by atomic mass is 16.3. The van der Waals surface area contributed by atoms with Crippen molar-refractivity contribution in [2.75, 3.05) is 26.2 Å². The van der Waals surface area contributed by atoms with Crippen LogP contribution in [0.25, 0.3) is 0 Å².